The molecule has 1 aromatic heterocycles. The molecule has 0 spiro atoms. The molecule has 0 saturated carbocycles. The second kappa shape index (κ2) is 9.44. The summed E-state index contributed by atoms with van der Waals surface area (Å²) in [6, 6.07) is 12.1. The molecule has 2 aromatic rings. The average molecular weight is 390 g/mol. The molecule has 1 aliphatic heterocycles. The number of pyridine rings is 1. The third-order valence-electron chi connectivity index (χ3n) is 5.42. The van der Waals surface area contributed by atoms with E-state index in [0.717, 1.165) is 5.56 Å². The van der Waals surface area contributed by atoms with Crippen LogP contribution in [0.15, 0.2) is 48.8 Å². The molecule has 1 saturated heterocycles. The van der Waals surface area contributed by atoms with E-state index < -0.39 is 12.0 Å². The summed E-state index contributed by atoms with van der Waals surface area (Å²) in [6.07, 6.45) is 4.32. The summed E-state index contributed by atoms with van der Waals surface area (Å²) >= 11 is 0. The van der Waals surface area contributed by atoms with Gasteiger partial charge in [-0.1, -0.05) is 19.1 Å². The lowest BCUT2D eigenvalue weighted by Gasteiger charge is -2.39. The predicted octanol–water partition coefficient (Wildman–Crippen LogP) is 3.19. The van der Waals surface area contributed by atoms with Crippen LogP contribution in [0.1, 0.15) is 47.7 Å². The maximum atomic E-state index is 13.1. The number of carbonyl (C=O) groups is 2. The van der Waals surface area contributed by atoms with Crippen LogP contribution >= 0.6 is 0 Å². The molecule has 1 radical (unpaired) electrons. The summed E-state index contributed by atoms with van der Waals surface area (Å²) in [5.74, 6) is -0.682. The lowest BCUT2D eigenvalue weighted by molar-refractivity contribution is -0.141. The molecule has 1 aliphatic rings. The van der Waals surface area contributed by atoms with Gasteiger partial charge in [-0.2, -0.15) is 5.26 Å². The molecule has 0 aliphatic carbocycles. The SMILES string of the molecule is CC(CC(=O)c1ccc(C#N)cc1)C(=O)N1CC[C@@H]([O])CC1Cc1ccncc1. The Morgan fingerprint density at radius 3 is 2.55 bits per heavy atom. The van der Waals surface area contributed by atoms with E-state index >= 15 is 0 Å². The molecule has 149 valence electrons. The first-order valence-corrected chi connectivity index (χ1v) is 9.86. The van der Waals surface area contributed by atoms with Crippen molar-refractivity contribution >= 4 is 11.7 Å². The highest BCUT2D eigenvalue weighted by Crippen LogP contribution is 2.24. The van der Waals surface area contributed by atoms with Gasteiger partial charge < -0.3 is 4.90 Å². The molecule has 2 heterocycles. The quantitative estimate of drug-likeness (QED) is 0.708. The van der Waals surface area contributed by atoms with Gasteiger partial charge in [-0.25, -0.2) is 5.11 Å². The van der Waals surface area contributed by atoms with Gasteiger partial charge in [-0.05, 0) is 49.1 Å². The van der Waals surface area contributed by atoms with E-state index in [1.165, 1.54) is 0 Å². The van der Waals surface area contributed by atoms with Gasteiger partial charge >= 0.3 is 0 Å². The molecule has 6 nitrogen and oxygen atoms in total. The fourth-order valence-electron chi connectivity index (χ4n) is 3.79. The first-order chi connectivity index (χ1) is 14.0. The topological polar surface area (TPSA) is 94.0 Å². The number of carbonyl (C=O) groups excluding carboxylic acids is 2. The Morgan fingerprint density at radius 2 is 1.90 bits per heavy atom. The summed E-state index contributed by atoms with van der Waals surface area (Å²) < 4.78 is 0. The van der Waals surface area contributed by atoms with Crippen LogP contribution in [0.5, 0.6) is 0 Å². The molecule has 1 amide bonds. The molecule has 29 heavy (non-hydrogen) atoms. The lowest BCUT2D eigenvalue weighted by Crippen LogP contribution is -2.50. The Morgan fingerprint density at radius 1 is 1.21 bits per heavy atom. The number of amides is 1. The van der Waals surface area contributed by atoms with Crippen LogP contribution < -0.4 is 0 Å². The summed E-state index contributed by atoms with van der Waals surface area (Å²) in [5, 5.41) is 20.9. The highest BCUT2D eigenvalue weighted by Gasteiger charge is 2.34. The van der Waals surface area contributed by atoms with Gasteiger partial charge in [-0.3, -0.25) is 14.6 Å². The predicted molar refractivity (Wildman–Crippen MR) is 106 cm³/mol. The van der Waals surface area contributed by atoms with Gasteiger partial charge in [0.05, 0.1) is 17.7 Å². The summed E-state index contributed by atoms with van der Waals surface area (Å²) in [4.78, 5) is 31.4. The van der Waals surface area contributed by atoms with Crippen LogP contribution in [0.25, 0.3) is 0 Å². The first-order valence-electron chi connectivity index (χ1n) is 9.86. The van der Waals surface area contributed by atoms with E-state index in [9.17, 15) is 14.7 Å². The number of benzene rings is 1. The van der Waals surface area contributed by atoms with Crippen molar-refractivity contribution in [2.24, 2.45) is 5.92 Å². The van der Waals surface area contributed by atoms with E-state index in [4.69, 9.17) is 5.26 Å². The molecule has 3 rings (SSSR count). The minimum atomic E-state index is -0.665. The smallest absolute Gasteiger partial charge is 0.226 e. The number of aromatic nitrogens is 1. The second-order valence-corrected chi connectivity index (χ2v) is 7.61. The molecule has 2 unspecified atom stereocenters. The van der Waals surface area contributed by atoms with Crippen molar-refractivity contribution in [3.8, 4) is 6.07 Å². The van der Waals surface area contributed by atoms with Crippen molar-refractivity contribution in [1.82, 2.24) is 9.88 Å². The summed E-state index contributed by atoms with van der Waals surface area (Å²) in [6.45, 7) is 2.19. The van der Waals surface area contributed by atoms with Crippen molar-refractivity contribution in [2.75, 3.05) is 6.54 Å². The molecule has 6 heteroatoms. The molecule has 1 aromatic carbocycles. The van der Waals surface area contributed by atoms with Crippen LogP contribution in [-0.4, -0.2) is 40.3 Å². The van der Waals surface area contributed by atoms with Crippen molar-refractivity contribution in [3.05, 3.63) is 65.5 Å². The van der Waals surface area contributed by atoms with Crippen molar-refractivity contribution in [1.29, 1.82) is 5.26 Å². The molecule has 1 fully saturated rings. The van der Waals surface area contributed by atoms with Gasteiger partial charge in [0.2, 0.25) is 5.91 Å². The van der Waals surface area contributed by atoms with E-state index in [0.29, 0.717) is 36.9 Å². The summed E-state index contributed by atoms with van der Waals surface area (Å²) in [7, 11) is 0. The van der Waals surface area contributed by atoms with Crippen molar-refractivity contribution < 1.29 is 14.7 Å². The molecular formula is C23H24N3O3. The zero-order valence-electron chi connectivity index (χ0n) is 16.5. The summed E-state index contributed by atoms with van der Waals surface area (Å²) in [5.41, 5.74) is 2.03. The number of ketones is 1. The van der Waals surface area contributed by atoms with Crippen LogP contribution in [0.2, 0.25) is 0 Å². The average Bonchev–Trinajstić information content (AvgIpc) is 2.74. The molecule has 3 atom stereocenters. The van der Waals surface area contributed by atoms with E-state index in [1.807, 2.05) is 18.2 Å². The normalized spacial score (nSPS) is 20.0. The van der Waals surface area contributed by atoms with Crippen LogP contribution in [-0.2, 0) is 16.3 Å². The van der Waals surface area contributed by atoms with Gasteiger partial charge in [-0.15, -0.1) is 0 Å². The van der Waals surface area contributed by atoms with Crippen LogP contribution in [0.4, 0.5) is 0 Å². The van der Waals surface area contributed by atoms with Gasteiger partial charge in [0.15, 0.2) is 5.78 Å². The zero-order chi connectivity index (χ0) is 20.8. The number of hydrogen-bond donors (Lipinski definition) is 0. The zero-order valence-corrected chi connectivity index (χ0v) is 16.5. The van der Waals surface area contributed by atoms with Gasteiger partial charge in [0.1, 0.15) is 0 Å². The third-order valence-corrected chi connectivity index (χ3v) is 5.42. The van der Waals surface area contributed by atoms with E-state index in [2.05, 4.69) is 4.98 Å². The standard InChI is InChI=1S/C23H24N3O3/c1-16(12-22(28)19-4-2-18(15-24)3-5-19)23(29)26-11-8-21(27)14-20(26)13-17-6-9-25-10-7-17/h2-7,9-10,16,20-21H,8,11-14H2,1H3/t16?,20?,21-/m1/s1. The third kappa shape index (κ3) is 5.27. The Balaban J connectivity index is 1.67. The number of nitrogens with zero attached hydrogens (tertiary/aromatic N) is 3. The van der Waals surface area contributed by atoms with E-state index in [-0.39, 0.29) is 24.2 Å². The van der Waals surface area contributed by atoms with Crippen LogP contribution in [0.3, 0.4) is 0 Å². The second-order valence-electron chi connectivity index (χ2n) is 7.61. The number of likely N-dealkylation sites (tertiary alicyclic amines) is 1. The monoisotopic (exact) mass is 390 g/mol. The Labute approximate surface area is 170 Å². The number of Topliss-reactive ketones (excluding diaryl/α,β-unsaturated/α-hetero) is 1. The Hall–Kier alpha value is -3.04. The van der Waals surface area contributed by atoms with Gasteiger partial charge in [0, 0.05) is 42.9 Å². The Kier molecular flexibility index (Phi) is 6.73. The lowest BCUT2D eigenvalue weighted by atomic mass is 9.91. The van der Waals surface area contributed by atoms with E-state index in [1.54, 1.807) is 48.5 Å². The molecular weight excluding hydrogens is 366 g/mol. The largest absolute Gasteiger partial charge is 0.339 e. The number of hydrogen-bond acceptors (Lipinski definition) is 4. The number of rotatable bonds is 6. The highest BCUT2D eigenvalue weighted by molar-refractivity contribution is 5.98. The maximum absolute atomic E-state index is 13.1. The number of nitriles is 1. The van der Waals surface area contributed by atoms with Crippen molar-refractivity contribution in [3.63, 3.8) is 0 Å². The fraction of sp³-hybridized carbons (Fsp3) is 0.391. The van der Waals surface area contributed by atoms with Crippen molar-refractivity contribution in [2.45, 2.75) is 44.8 Å². The molecule has 0 N–H and O–H groups in total. The number of piperidine rings is 1. The first kappa shape index (κ1) is 20.7. The minimum Gasteiger partial charge on any atom is -0.339 e. The van der Waals surface area contributed by atoms with Crippen LogP contribution in [0, 0.1) is 17.2 Å². The highest BCUT2D eigenvalue weighted by atomic mass is 16.3. The Bertz CT molecular complexity index is 890. The fourth-order valence-corrected chi connectivity index (χ4v) is 3.79. The minimum absolute atomic E-state index is 0.0852. The van der Waals surface area contributed by atoms with Gasteiger partial charge in [0.25, 0.3) is 0 Å². The molecule has 0 bridgehead atoms. The maximum Gasteiger partial charge on any atom is 0.226 e.